The third kappa shape index (κ3) is 4.00. The monoisotopic (exact) mass is 531 g/mol. The summed E-state index contributed by atoms with van der Waals surface area (Å²) < 4.78 is 42.6. The van der Waals surface area contributed by atoms with Crippen molar-refractivity contribution < 1.29 is 17.9 Å². The van der Waals surface area contributed by atoms with Crippen LogP contribution in [0.4, 0.5) is 0 Å². The molecule has 1 aromatic carbocycles. The van der Waals surface area contributed by atoms with Crippen molar-refractivity contribution >= 4 is 32.1 Å². The van der Waals surface area contributed by atoms with Gasteiger partial charge in [0, 0.05) is 49.0 Å². The van der Waals surface area contributed by atoms with Gasteiger partial charge in [-0.1, -0.05) is 17.7 Å². The molecular weight excluding hydrogens is 502 g/mol. The van der Waals surface area contributed by atoms with Crippen LogP contribution in [-0.4, -0.2) is 47.2 Å². The van der Waals surface area contributed by atoms with Gasteiger partial charge in [-0.15, -0.1) is 0 Å². The third-order valence-electron chi connectivity index (χ3n) is 7.05. The average Bonchev–Trinajstić information content (AvgIpc) is 3.58. The van der Waals surface area contributed by atoms with Crippen LogP contribution in [0.3, 0.4) is 0 Å². The molecule has 4 aromatic heterocycles. The summed E-state index contributed by atoms with van der Waals surface area (Å²) in [6.45, 7) is 2.56. The number of fused-ring (bicyclic) bond motifs is 2. The molecule has 1 saturated carbocycles. The van der Waals surface area contributed by atoms with Crippen LogP contribution in [-0.2, 0) is 23.6 Å². The summed E-state index contributed by atoms with van der Waals surface area (Å²) in [6, 6.07) is 13.1. The second-order valence-electron chi connectivity index (χ2n) is 9.70. The smallest absolute Gasteiger partial charge is 0.269 e. The first kappa shape index (κ1) is 24.4. The normalized spacial score (nSPS) is 13.9. The first-order valence-corrected chi connectivity index (χ1v) is 13.9. The van der Waals surface area contributed by atoms with Crippen molar-refractivity contribution in [1.29, 1.82) is 0 Å². The molecule has 1 N–H and O–H groups in total. The largest absolute Gasteiger partial charge is 0.491 e. The van der Waals surface area contributed by atoms with Crippen LogP contribution in [0.2, 0.25) is 0 Å². The molecule has 0 radical (unpaired) electrons. The van der Waals surface area contributed by atoms with E-state index in [4.69, 9.17) is 14.5 Å². The maximum absolute atomic E-state index is 14.2. The zero-order chi connectivity index (χ0) is 26.6. The number of pyridine rings is 2. The average molecular weight is 532 g/mol. The van der Waals surface area contributed by atoms with Crippen LogP contribution in [0, 0.1) is 6.92 Å². The fraction of sp³-hybridized carbons (Fsp3) is 0.286. The van der Waals surface area contributed by atoms with Crippen LogP contribution in [0.15, 0.2) is 59.8 Å². The van der Waals surface area contributed by atoms with Gasteiger partial charge in [-0.25, -0.2) is 22.4 Å². The predicted molar refractivity (Wildman–Crippen MR) is 146 cm³/mol. The number of hydrogen-bond donors (Lipinski definition) is 1. The van der Waals surface area contributed by atoms with E-state index in [2.05, 4.69) is 10.3 Å². The van der Waals surface area contributed by atoms with Crippen LogP contribution in [0.1, 0.15) is 24.0 Å². The van der Waals surface area contributed by atoms with Crippen LogP contribution < -0.4 is 14.8 Å². The Morgan fingerprint density at radius 2 is 1.84 bits per heavy atom. The van der Waals surface area contributed by atoms with Gasteiger partial charge < -0.3 is 19.4 Å². The minimum Gasteiger partial charge on any atom is -0.491 e. The number of nitrogens with zero attached hydrogens (tertiary/aromatic N) is 4. The van der Waals surface area contributed by atoms with Gasteiger partial charge in [-0.3, -0.25) is 0 Å². The van der Waals surface area contributed by atoms with Crippen molar-refractivity contribution in [3.8, 4) is 22.9 Å². The molecule has 196 valence electrons. The minimum absolute atomic E-state index is 0.192. The Kier molecular flexibility index (Phi) is 5.88. The molecule has 0 amide bonds. The van der Waals surface area contributed by atoms with E-state index in [1.54, 1.807) is 37.6 Å². The number of aromatic nitrogens is 4. The van der Waals surface area contributed by atoms with Gasteiger partial charge >= 0.3 is 0 Å². The SMILES string of the molecule is COc1cc2c(nc1OC)c(-c1cc3c(CNC4CC4)ccnc3n1S(=O)(=O)c1ccc(C)cc1)cn2C. The van der Waals surface area contributed by atoms with Gasteiger partial charge in [0.25, 0.3) is 15.9 Å². The molecule has 4 heterocycles. The molecule has 0 bridgehead atoms. The zero-order valence-corrected chi connectivity index (χ0v) is 22.5. The molecule has 0 saturated heterocycles. The van der Waals surface area contributed by atoms with Gasteiger partial charge in [-0.2, -0.15) is 0 Å². The van der Waals surface area contributed by atoms with E-state index in [-0.39, 0.29) is 4.90 Å². The molecule has 6 rings (SSSR count). The quantitative estimate of drug-likeness (QED) is 0.317. The number of nitrogens with one attached hydrogen (secondary N) is 1. The van der Waals surface area contributed by atoms with Crippen molar-refractivity contribution in [1.82, 2.24) is 23.8 Å². The van der Waals surface area contributed by atoms with E-state index in [0.29, 0.717) is 46.6 Å². The summed E-state index contributed by atoms with van der Waals surface area (Å²) >= 11 is 0. The van der Waals surface area contributed by atoms with Crippen molar-refractivity contribution in [2.45, 2.75) is 37.2 Å². The van der Waals surface area contributed by atoms with E-state index in [0.717, 1.165) is 34.9 Å². The summed E-state index contributed by atoms with van der Waals surface area (Å²) in [6.07, 6.45) is 5.88. The van der Waals surface area contributed by atoms with Gasteiger partial charge in [0.1, 0.15) is 5.52 Å². The first-order chi connectivity index (χ1) is 18.3. The molecular formula is C28H29N5O4S. The lowest BCUT2D eigenvalue weighted by Crippen LogP contribution is -2.16. The van der Waals surface area contributed by atoms with Crippen molar-refractivity contribution in [3.05, 3.63) is 66.0 Å². The van der Waals surface area contributed by atoms with Crippen LogP contribution in [0.5, 0.6) is 11.6 Å². The van der Waals surface area contributed by atoms with Crippen LogP contribution in [0.25, 0.3) is 33.3 Å². The lowest BCUT2D eigenvalue weighted by molar-refractivity contribution is 0.344. The molecule has 0 unspecified atom stereocenters. The highest BCUT2D eigenvalue weighted by molar-refractivity contribution is 7.90. The molecule has 1 aliphatic rings. The standard InChI is InChI=1S/C28H29N5O4S/c1-17-5-9-20(10-6-17)38(34,35)33-23(13-21-18(11-12-29-27(21)33)15-30-19-7-8-19)22-16-32(2)24-14-25(36-3)28(37-4)31-26(22)24/h5-6,9-14,16,19,30H,7-8,15H2,1-4H3. The summed E-state index contributed by atoms with van der Waals surface area (Å²) in [7, 11) is 0.981. The van der Waals surface area contributed by atoms with Gasteiger partial charge in [-0.05, 0) is 49.6 Å². The van der Waals surface area contributed by atoms with Gasteiger partial charge in [0.15, 0.2) is 11.4 Å². The summed E-state index contributed by atoms with van der Waals surface area (Å²) in [5.74, 6) is 0.819. The number of rotatable bonds is 8. The van der Waals surface area contributed by atoms with Crippen molar-refractivity contribution in [3.63, 3.8) is 0 Å². The number of hydrogen-bond acceptors (Lipinski definition) is 7. The Balaban J connectivity index is 1.65. The first-order valence-electron chi connectivity index (χ1n) is 12.4. The lowest BCUT2D eigenvalue weighted by atomic mass is 10.1. The highest BCUT2D eigenvalue weighted by Gasteiger charge is 2.29. The second-order valence-corrected chi connectivity index (χ2v) is 11.5. The van der Waals surface area contributed by atoms with Gasteiger partial charge in [0.05, 0.1) is 30.3 Å². The maximum atomic E-state index is 14.2. The Bertz CT molecular complexity index is 1780. The molecule has 38 heavy (non-hydrogen) atoms. The predicted octanol–water partition coefficient (Wildman–Crippen LogP) is 4.40. The number of benzene rings is 1. The van der Waals surface area contributed by atoms with Crippen molar-refractivity contribution in [2.24, 2.45) is 7.05 Å². The molecule has 0 spiro atoms. The number of aryl methyl sites for hydroxylation is 2. The second kappa shape index (κ2) is 9.14. The Morgan fingerprint density at radius 1 is 1.08 bits per heavy atom. The molecule has 0 atom stereocenters. The zero-order valence-electron chi connectivity index (χ0n) is 21.7. The fourth-order valence-electron chi connectivity index (χ4n) is 4.81. The molecule has 1 aliphatic carbocycles. The molecule has 0 aliphatic heterocycles. The highest BCUT2D eigenvalue weighted by atomic mass is 32.2. The lowest BCUT2D eigenvalue weighted by Gasteiger charge is -2.12. The summed E-state index contributed by atoms with van der Waals surface area (Å²) in [4.78, 5) is 9.48. The minimum atomic E-state index is -4.00. The van der Waals surface area contributed by atoms with Crippen molar-refractivity contribution in [2.75, 3.05) is 14.2 Å². The van der Waals surface area contributed by atoms with E-state index < -0.39 is 10.0 Å². The Morgan fingerprint density at radius 3 is 2.53 bits per heavy atom. The number of methoxy groups -OCH3 is 2. The topological polar surface area (TPSA) is 100 Å². The Labute approximate surface area is 221 Å². The molecule has 10 heteroatoms. The highest BCUT2D eigenvalue weighted by Crippen LogP contribution is 2.39. The van der Waals surface area contributed by atoms with E-state index in [1.165, 1.54) is 11.1 Å². The Hall–Kier alpha value is -3.89. The third-order valence-corrected chi connectivity index (χ3v) is 8.77. The summed E-state index contributed by atoms with van der Waals surface area (Å²) in [5, 5.41) is 4.32. The van der Waals surface area contributed by atoms with Crippen LogP contribution >= 0.6 is 0 Å². The molecule has 5 aromatic rings. The number of ether oxygens (including phenoxy) is 2. The fourth-order valence-corrected chi connectivity index (χ4v) is 6.28. The molecule has 9 nitrogen and oxygen atoms in total. The van der Waals surface area contributed by atoms with Gasteiger partial charge in [0.2, 0.25) is 0 Å². The summed E-state index contributed by atoms with van der Waals surface area (Å²) in [5.41, 5.74) is 4.88. The maximum Gasteiger partial charge on any atom is 0.269 e. The van der Waals surface area contributed by atoms with E-state index >= 15 is 0 Å². The van der Waals surface area contributed by atoms with E-state index in [1.807, 2.05) is 42.9 Å². The molecule has 1 fully saturated rings. The van der Waals surface area contributed by atoms with E-state index in [9.17, 15) is 8.42 Å².